The predicted octanol–water partition coefficient (Wildman–Crippen LogP) is 2.44. The molecular formula is C12H21F3N2O2. The number of urea groups is 1. The lowest BCUT2D eigenvalue weighted by atomic mass is 9.86. The van der Waals surface area contributed by atoms with Crippen molar-refractivity contribution in [2.75, 3.05) is 19.7 Å². The van der Waals surface area contributed by atoms with Crippen molar-refractivity contribution in [3.63, 3.8) is 0 Å². The van der Waals surface area contributed by atoms with Crippen molar-refractivity contribution in [2.45, 2.75) is 44.9 Å². The van der Waals surface area contributed by atoms with Crippen LogP contribution < -0.4 is 10.6 Å². The Morgan fingerprint density at radius 2 is 1.95 bits per heavy atom. The van der Waals surface area contributed by atoms with Gasteiger partial charge in [0.2, 0.25) is 0 Å². The molecule has 0 heterocycles. The third kappa shape index (κ3) is 6.66. The van der Waals surface area contributed by atoms with Crippen LogP contribution in [0.2, 0.25) is 0 Å². The van der Waals surface area contributed by atoms with Gasteiger partial charge in [-0.3, -0.25) is 0 Å². The minimum atomic E-state index is -4.30. The summed E-state index contributed by atoms with van der Waals surface area (Å²) in [5.74, 6) is -0.0429. The standard InChI is InChI=1S/C12H21F3N2O2/c1-2-16-11(18)17-7-9-5-3-4-6-10(9)19-8-12(13,14)15/h9-10H,2-8H2,1H3,(H2,16,17,18)/t9-,10-/m0/s1. The molecule has 0 saturated heterocycles. The first kappa shape index (κ1) is 16.1. The van der Waals surface area contributed by atoms with E-state index in [0.29, 0.717) is 19.5 Å². The number of amides is 2. The molecule has 0 unspecified atom stereocenters. The molecule has 2 atom stereocenters. The third-order valence-corrected chi connectivity index (χ3v) is 3.16. The molecule has 0 bridgehead atoms. The minimum absolute atomic E-state index is 0.0429. The van der Waals surface area contributed by atoms with E-state index in [9.17, 15) is 18.0 Å². The van der Waals surface area contributed by atoms with E-state index in [0.717, 1.165) is 19.3 Å². The maximum atomic E-state index is 12.1. The smallest absolute Gasteiger partial charge is 0.368 e. The van der Waals surface area contributed by atoms with Gasteiger partial charge in [-0.15, -0.1) is 0 Å². The van der Waals surface area contributed by atoms with Crippen molar-refractivity contribution in [1.82, 2.24) is 10.6 Å². The summed E-state index contributed by atoms with van der Waals surface area (Å²) in [6.07, 6.45) is -1.47. The SMILES string of the molecule is CCNC(=O)NC[C@@H]1CCCC[C@@H]1OCC(F)(F)F. The van der Waals surface area contributed by atoms with Crippen LogP contribution >= 0.6 is 0 Å². The van der Waals surface area contributed by atoms with Crippen molar-refractivity contribution in [3.05, 3.63) is 0 Å². The molecule has 112 valence electrons. The van der Waals surface area contributed by atoms with Gasteiger partial charge in [-0.2, -0.15) is 13.2 Å². The van der Waals surface area contributed by atoms with Gasteiger partial charge in [0.15, 0.2) is 0 Å². The fourth-order valence-corrected chi connectivity index (χ4v) is 2.27. The lowest BCUT2D eigenvalue weighted by Crippen LogP contribution is -2.42. The van der Waals surface area contributed by atoms with E-state index in [2.05, 4.69) is 10.6 Å². The molecule has 1 rings (SSSR count). The molecule has 1 fully saturated rings. The summed E-state index contributed by atoms with van der Waals surface area (Å²) in [7, 11) is 0. The number of ether oxygens (including phenoxy) is 1. The van der Waals surface area contributed by atoms with Crippen molar-refractivity contribution in [1.29, 1.82) is 0 Å². The number of halogens is 3. The Bertz CT molecular complexity index is 285. The summed E-state index contributed by atoms with van der Waals surface area (Å²) in [4.78, 5) is 11.3. The van der Waals surface area contributed by atoms with Crippen LogP contribution in [0.25, 0.3) is 0 Å². The molecule has 0 aliphatic heterocycles. The zero-order chi connectivity index (χ0) is 14.3. The average Bonchev–Trinajstić information content (AvgIpc) is 2.34. The molecule has 0 aromatic rings. The average molecular weight is 282 g/mol. The first-order chi connectivity index (χ1) is 8.92. The predicted molar refractivity (Wildman–Crippen MR) is 64.8 cm³/mol. The number of carbonyl (C=O) groups excluding carboxylic acids is 1. The first-order valence-electron chi connectivity index (χ1n) is 6.62. The summed E-state index contributed by atoms with van der Waals surface area (Å²) < 4.78 is 41.4. The lowest BCUT2D eigenvalue weighted by molar-refractivity contribution is -0.193. The molecule has 19 heavy (non-hydrogen) atoms. The highest BCUT2D eigenvalue weighted by Crippen LogP contribution is 2.28. The van der Waals surface area contributed by atoms with Gasteiger partial charge >= 0.3 is 12.2 Å². The van der Waals surface area contributed by atoms with Crippen LogP contribution in [0.1, 0.15) is 32.6 Å². The van der Waals surface area contributed by atoms with Crippen LogP contribution in [-0.2, 0) is 4.74 Å². The summed E-state index contributed by atoms with van der Waals surface area (Å²) in [5.41, 5.74) is 0. The van der Waals surface area contributed by atoms with Crippen molar-refractivity contribution in [2.24, 2.45) is 5.92 Å². The van der Waals surface area contributed by atoms with Crippen LogP contribution in [0.15, 0.2) is 0 Å². The van der Waals surface area contributed by atoms with Gasteiger partial charge in [-0.1, -0.05) is 12.8 Å². The van der Waals surface area contributed by atoms with Gasteiger partial charge in [-0.25, -0.2) is 4.79 Å². The number of hydrogen-bond donors (Lipinski definition) is 2. The Morgan fingerprint density at radius 3 is 2.58 bits per heavy atom. The van der Waals surface area contributed by atoms with Crippen LogP contribution in [0, 0.1) is 5.92 Å². The van der Waals surface area contributed by atoms with Crippen LogP contribution in [-0.4, -0.2) is 38.0 Å². The van der Waals surface area contributed by atoms with Crippen LogP contribution in [0.3, 0.4) is 0 Å². The zero-order valence-corrected chi connectivity index (χ0v) is 11.1. The maximum absolute atomic E-state index is 12.1. The highest BCUT2D eigenvalue weighted by Gasteiger charge is 2.33. The molecule has 0 radical (unpaired) electrons. The Balaban J connectivity index is 2.37. The van der Waals surface area contributed by atoms with Crippen molar-refractivity contribution >= 4 is 6.03 Å². The largest absolute Gasteiger partial charge is 0.411 e. The molecule has 1 aliphatic carbocycles. The lowest BCUT2D eigenvalue weighted by Gasteiger charge is -2.31. The molecule has 1 saturated carbocycles. The summed E-state index contributed by atoms with van der Waals surface area (Å²) in [6, 6.07) is -0.289. The Labute approximate surface area is 111 Å². The Morgan fingerprint density at radius 1 is 1.26 bits per heavy atom. The van der Waals surface area contributed by atoms with E-state index in [4.69, 9.17) is 4.74 Å². The molecule has 1 aliphatic rings. The Hall–Kier alpha value is -0.980. The number of alkyl halides is 3. The Kier molecular flexibility index (Phi) is 6.41. The van der Waals surface area contributed by atoms with Gasteiger partial charge in [0, 0.05) is 19.0 Å². The van der Waals surface area contributed by atoms with E-state index in [1.54, 1.807) is 6.92 Å². The van der Waals surface area contributed by atoms with Crippen LogP contribution in [0.5, 0.6) is 0 Å². The molecular weight excluding hydrogens is 261 g/mol. The summed E-state index contributed by atoms with van der Waals surface area (Å²) >= 11 is 0. The van der Waals surface area contributed by atoms with Gasteiger partial charge in [0.25, 0.3) is 0 Å². The quantitative estimate of drug-likeness (QED) is 0.813. The summed E-state index contributed by atoms with van der Waals surface area (Å²) in [5, 5.41) is 5.25. The van der Waals surface area contributed by atoms with Gasteiger partial charge < -0.3 is 15.4 Å². The third-order valence-electron chi connectivity index (χ3n) is 3.16. The van der Waals surface area contributed by atoms with E-state index in [1.165, 1.54) is 0 Å². The monoisotopic (exact) mass is 282 g/mol. The molecule has 2 amide bonds. The van der Waals surface area contributed by atoms with E-state index >= 15 is 0 Å². The maximum Gasteiger partial charge on any atom is 0.411 e. The highest BCUT2D eigenvalue weighted by molar-refractivity contribution is 5.73. The normalized spacial score (nSPS) is 24.0. The first-order valence-corrected chi connectivity index (χ1v) is 6.62. The van der Waals surface area contributed by atoms with Gasteiger partial charge in [0.05, 0.1) is 6.10 Å². The fraction of sp³-hybridized carbons (Fsp3) is 0.917. The minimum Gasteiger partial charge on any atom is -0.368 e. The topological polar surface area (TPSA) is 50.4 Å². The van der Waals surface area contributed by atoms with Crippen molar-refractivity contribution < 1.29 is 22.7 Å². The van der Waals surface area contributed by atoms with E-state index < -0.39 is 18.9 Å². The van der Waals surface area contributed by atoms with Crippen LogP contribution in [0.4, 0.5) is 18.0 Å². The molecule has 4 nitrogen and oxygen atoms in total. The second-order valence-electron chi connectivity index (χ2n) is 4.75. The molecule has 0 aromatic carbocycles. The fourth-order valence-electron chi connectivity index (χ4n) is 2.27. The van der Waals surface area contributed by atoms with Crippen molar-refractivity contribution in [3.8, 4) is 0 Å². The van der Waals surface area contributed by atoms with E-state index in [-0.39, 0.29) is 11.9 Å². The second kappa shape index (κ2) is 7.57. The summed E-state index contributed by atoms with van der Waals surface area (Å²) in [6.45, 7) is 1.46. The van der Waals surface area contributed by atoms with Gasteiger partial charge in [-0.05, 0) is 19.8 Å². The molecule has 0 spiro atoms. The second-order valence-corrected chi connectivity index (χ2v) is 4.75. The zero-order valence-electron chi connectivity index (χ0n) is 11.1. The highest BCUT2D eigenvalue weighted by atomic mass is 19.4. The molecule has 7 heteroatoms. The van der Waals surface area contributed by atoms with Gasteiger partial charge in [0.1, 0.15) is 6.61 Å². The molecule has 2 N–H and O–H groups in total. The van der Waals surface area contributed by atoms with E-state index in [1.807, 2.05) is 0 Å². The number of nitrogens with one attached hydrogen (secondary N) is 2. The molecule has 0 aromatic heterocycles. The number of hydrogen-bond acceptors (Lipinski definition) is 2. The number of carbonyl (C=O) groups is 1. The number of rotatable bonds is 5.